The number of nitrogens with zero attached hydrogens (tertiary/aromatic N) is 2. The third-order valence-corrected chi connectivity index (χ3v) is 4.27. The van der Waals surface area contributed by atoms with E-state index < -0.39 is 0 Å². The summed E-state index contributed by atoms with van der Waals surface area (Å²) in [7, 11) is 5.68. The predicted octanol–water partition coefficient (Wildman–Crippen LogP) is 1.56. The molecule has 0 atom stereocenters. The second-order valence-corrected chi connectivity index (χ2v) is 6.79. The van der Waals surface area contributed by atoms with Crippen molar-refractivity contribution in [2.45, 2.75) is 6.54 Å². The van der Waals surface area contributed by atoms with Crippen molar-refractivity contribution < 1.29 is 9.59 Å². The van der Waals surface area contributed by atoms with Gasteiger partial charge < -0.3 is 20.9 Å². The van der Waals surface area contributed by atoms with Crippen LogP contribution < -0.4 is 11.1 Å². The fourth-order valence-electron chi connectivity index (χ4n) is 2.68. The van der Waals surface area contributed by atoms with Crippen LogP contribution in [0.25, 0.3) is 11.1 Å². The molecule has 0 aliphatic rings. The van der Waals surface area contributed by atoms with Gasteiger partial charge in [-0.2, -0.15) is 0 Å². The largest absolute Gasteiger partial charge is 0.351 e. The number of hydrogen-bond donors (Lipinski definition) is 2. The number of carbonyl (C=O) groups is 2. The van der Waals surface area contributed by atoms with Crippen LogP contribution >= 0.6 is 0 Å². The molecule has 0 unspecified atom stereocenters. The molecule has 0 saturated carbocycles. The number of nitrogens with one attached hydrogen (secondary N) is 1. The maximum Gasteiger partial charge on any atom is 0.251 e. The second-order valence-electron chi connectivity index (χ2n) is 6.79. The van der Waals surface area contributed by atoms with Crippen LogP contribution in [0.5, 0.6) is 0 Å². The van der Waals surface area contributed by atoms with E-state index in [0.29, 0.717) is 18.7 Å². The zero-order chi connectivity index (χ0) is 19.8. The third kappa shape index (κ3) is 6.20. The van der Waals surface area contributed by atoms with Crippen molar-refractivity contribution >= 4 is 11.8 Å². The van der Waals surface area contributed by atoms with Gasteiger partial charge in [0.25, 0.3) is 5.91 Å². The first kappa shape index (κ1) is 20.6. The number of benzene rings is 2. The maximum atomic E-state index is 12.2. The molecule has 27 heavy (non-hydrogen) atoms. The average Bonchev–Trinajstić information content (AvgIpc) is 2.67. The minimum atomic E-state index is -0.0926. The third-order valence-electron chi connectivity index (χ3n) is 4.27. The van der Waals surface area contributed by atoms with E-state index in [0.717, 1.165) is 23.2 Å². The van der Waals surface area contributed by atoms with Crippen LogP contribution in [0.1, 0.15) is 15.9 Å². The molecule has 3 N–H and O–H groups in total. The Labute approximate surface area is 161 Å². The van der Waals surface area contributed by atoms with Crippen molar-refractivity contribution in [1.82, 2.24) is 15.1 Å². The fraction of sp³-hybridized carbons (Fsp3) is 0.333. The van der Waals surface area contributed by atoms with Gasteiger partial charge in [-0.15, -0.1) is 0 Å². The van der Waals surface area contributed by atoms with E-state index in [1.54, 1.807) is 11.9 Å². The van der Waals surface area contributed by atoms with Gasteiger partial charge in [0.2, 0.25) is 5.91 Å². The quantitative estimate of drug-likeness (QED) is 0.741. The maximum absolute atomic E-state index is 12.2. The van der Waals surface area contributed by atoms with Gasteiger partial charge in [-0.25, -0.2) is 0 Å². The van der Waals surface area contributed by atoms with E-state index in [1.807, 2.05) is 67.5 Å². The van der Waals surface area contributed by atoms with Gasteiger partial charge in [0.15, 0.2) is 0 Å². The molecule has 0 aliphatic carbocycles. The summed E-state index contributed by atoms with van der Waals surface area (Å²) in [6.45, 7) is 1.94. The summed E-state index contributed by atoms with van der Waals surface area (Å²) < 4.78 is 0. The van der Waals surface area contributed by atoms with E-state index in [2.05, 4.69) is 5.32 Å². The summed E-state index contributed by atoms with van der Waals surface area (Å²) in [5, 5.41) is 2.91. The lowest BCUT2D eigenvalue weighted by Gasteiger charge is -2.16. The van der Waals surface area contributed by atoms with Crippen molar-refractivity contribution in [2.75, 3.05) is 40.8 Å². The summed E-state index contributed by atoms with van der Waals surface area (Å²) in [6.07, 6.45) is 0. The predicted molar refractivity (Wildman–Crippen MR) is 108 cm³/mol. The summed E-state index contributed by atoms with van der Waals surface area (Å²) in [5.74, 6) is -0.163. The van der Waals surface area contributed by atoms with Crippen molar-refractivity contribution in [3.63, 3.8) is 0 Å². The first-order valence-corrected chi connectivity index (χ1v) is 8.97. The number of likely N-dealkylation sites (N-methyl/N-ethyl adjacent to an activating group) is 2. The molecule has 0 aromatic heterocycles. The van der Waals surface area contributed by atoms with Crippen molar-refractivity contribution in [3.05, 3.63) is 59.7 Å². The molecule has 0 heterocycles. The van der Waals surface area contributed by atoms with Gasteiger partial charge in [0, 0.05) is 32.2 Å². The van der Waals surface area contributed by atoms with Gasteiger partial charge in [0.1, 0.15) is 0 Å². The molecule has 2 rings (SSSR count). The average molecular weight is 368 g/mol. The minimum absolute atomic E-state index is 0.00819. The van der Waals surface area contributed by atoms with Crippen molar-refractivity contribution in [1.29, 1.82) is 0 Å². The molecule has 6 heteroatoms. The molecule has 2 aromatic carbocycles. The van der Waals surface area contributed by atoms with E-state index in [-0.39, 0.29) is 18.4 Å². The highest BCUT2D eigenvalue weighted by Crippen LogP contribution is 2.21. The highest BCUT2D eigenvalue weighted by Gasteiger charge is 2.09. The molecule has 0 saturated heterocycles. The lowest BCUT2D eigenvalue weighted by Crippen LogP contribution is -2.32. The molecule has 6 nitrogen and oxygen atoms in total. The Bertz CT molecular complexity index is 772. The molecule has 2 amide bonds. The molecule has 2 aromatic rings. The Kier molecular flexibility index (Phi) is 7.52. The fourth-order valence-corrected chi connectivity index (χ4v) is 2.68. The minimum Gasteiger partial charge on any atom is -0.351 e. The van der Waals surface area contributed by atoms with E-state index in [9.17, 15) is 9.59 Å². The highest BCUT2D eigenvalue weighted by atomic mass is 16.2. The van der Waals surface area contributed by atoms with Crippen molar-refractivity contribution in [2.24, 2.45) is 5.73 Å². The highest BCUT2D eigenvalue weighted by molar-refractivity contribution is 5.94. The van der Waals surface area contributed by atoms with Crippen LogP contribution in [0, 0.1) is 0 Å². The Morgan fingerprint density at radius 3 is 2.33 bits per heavy atom. The van der Waals surface area contributed by atoms with E-state index >= 15 is 0 Å². The molecule has 0 radical (unpaired) electrons. The monoisotopic (exact) mass is 368 g/mol. The molecular formula is C21H28N4O2. The van der Waals surface area contributed by atoms with Gasteiger partial charge in [-0.1, -0.05) is 30.3 Å². The normalized spacial score (nSPS) is 10.7. The summed E-state index contributed by atoms with van der Waals surface area (Å²) in [5.41, 5.74) is 9.14. The van der Waals surface area contributed by atoms with Crippen LogP contribution in [0.4, 0.5) is 0 Å². The first-order valence-electron chi connectivity index (χ1n) is 8.97. The number of hydrogen-bond acceptors (Lipinski definition) is 4. The summed E-state index contributed by atoms with van der Waals surface area (Å²) in [4.78, 5) is 27.4. The van der Waals surface area contributed by atoms with Gasteiger partial charge >= 0.3 is 0 Å². The van der Waals surface area contributed by atoms with Crippen LogP contribution in [0.2, 0.25) is 0 Å². The zero-order valence-electron chi connectivity index (χ0n) is 16.2. The van der Waals surface area contributed by atoms with Crippen LogP contribution in [-0.2, 0) is 11.3 Å². The van der Waals surface area contributed by atoms with Gasteiger partial charge in [0.05, 0.1) is 6.54 Å². The molecule has 0 aliphatic heterocycles. The first-order chi connectivity index (χ1) is 12.9. The number of amides is 2. The number of carbonyl (C=O) groups excluding carboxylic acids is 2. The molecule has 0 bridgehead atoms. The molecule has 0 fully saturated rings. The Morgan fingerprint density at radius 1 is 1.00 bits per heavy atom. The molecular weight excluding hydrogens is 340 g/mol. The second kappa shape index (κ2) is 9.85. The Morgan fingerprint density at radius 2 is 1.70 bits per heavy atom. The van der Waals surface area contributed by atoms with E-state index in [4.69, 9.17) is 5.73 Å². The standard InChI is InChI=1S/C21H28N4O2/c1-24(2)12-11-23-21(27)18-9-7-17(8-10-18)19-6-4-5-16(13-19)15-25(3)20(26)14-22/h4-10,13H,11-12,14-15,22H2,1-3H3,(H,23,27). The van der Waals surface area contributed by atoms with Gasteiger partial charge in [-0.3, -0.25) is 9.59 Å². The SMILES string of the molecule is CN(C)CCNC(=O)c1ccc(-c2cccc(CN(C)C(=O)CN)c2)cc1. The summed E-state index contributed by atoms with van der Waals surface area (Å²) in [6, 6.07) is 15.5. The number of nitrogens with two attached hydrogens (primary N) is 1. The van der Waals surface area contributed by atoms with Crippen LogP contribution in [0.3, 0.4) is 0 Å². The number of rotatable bonds is 8. The summed E-state index contributed by atoms with van der Waals surface area (Å²) >= 11 is 0. The van der Waals surface area contributed by atoms with Crippen LogP contribution in [-0.4, -0.2) is 62.4 Å². The zero-order valence-corrected chi connectivity index (χ0v) is 16.2. The molecule has 0 spiro atoms. The Balaban J connectivity index is 2.05. The molecule has 144 valence electrons. The Hall–Kier alpha value is -2.70. The van der Waals surface area contributed by atoms with Crippen molar-refractivity contribution in [3.8, 4) is 11.1 Å². The van der Waals surface area contributed by atoms with Gasteiger partial charge in [-0.05, 0) is 49.0 Å². The van der Waals surface area contributed by atoms with E-state index in [1.165, 1.54) is 0 Å². The lowest BCUT2D eigenvalue weighted by atomic mass is 10.0. The lowest BCUT2D eigenvalue weighted by molar-refractivity contribution is -0.128. The van der Waals surface area contributed by atoms with Crippen LogP contribution in [0.15, 0.2) is 48.5 Å². The smallest absolute Gasteiger partial charge is 0.251 e. The topological polar surface area (TPSA) is 78.7 Å².